The monoisotopic (exact) mass is 385 g/mol. The zero-order chi connectivity index (χ0) is 19.9. The third-order valence-corrected chi connectivity index (χ3v) is 4.13. The fraction of sp³-hybridized carbons (Fsp3) is 0.105. The van der Waals surface area contributed by atoms with Crippen LogP contribution in [0.15, 0.2) is 54.6 Å². The maximum atomic E-state index is 13.2. The topological polar surface area (TPSA) is 75.6 Å². The van der Waals surface area contributed by atoms with Crippen LogP contribution in [-0.4, -0.2) is 25.7 Å². The molecule has 4 aromatic rings. The van der Waals surface area contributed by atoms with Crippen LogP contribution in [0.25, 0.3) is 17.0 Å². The zero-order valence-electron chi connectivity index (χ0n) is 14.6. The maximum Gasteiger partial charge on any atom is 0.417 e. The number of nitrogens with one attached hydrogen (secondary N) is 2. The van der Waals surface area contributed by atoms with Gasteiger partial charge >= 0.3 is 6.18 Å². The summed E-state index contributed by atoms with van der Waals surface area (Å²) in [5, 5.41) is 6.78. The lowest BCUT2D eigenvalue weighted by Gasteiger charge is -2.12. The first-order valence-electron chi connectivity index (χ1n) is 8.32. The molecule has 0 aliphatic carbocycles. The van der Waals surface area contributed by atoms with Crippen LogP contribution in [0.5, 0.6) is 0 Å². The number of aromatic nitrogens is 4. The molecule has 4 rings (SSSR count). The molecule has 6 nitrogen and oxygen atoms in total. The van der Waals surface area contributed by atoms with Gasteiger partial charge in [-0.3, -0.25) is 4.79 Å². The molecule has 0 spiro atoms. The molecule has 0 aliphatic rings. The summed E-state index contributed by atoms with van der Waals surface area (Å²) in [6.45, 7) is 1.71. The predicted octanol–water partition coefficient (Wildman–Crippen LogP) is 4.33. The van der Waals surface area contributed by atoms with Crippen molar-refractivity contribution in [3.05, 3.63) is 71.4 Å². The molecule has 2 heterocycles. The van der Waals surface area contributed by atoms with Crippen LogP contribution in [0.4, 0.5) is 19.0 Å². The molecule has 142 valence electrons. The summed E-state index contributed by atoms with van der Waals surface area (Å²) in [5.74, 6) is -0.336. The number of aryl methyl sites for hydroxylation is 1. The van der Waals surface area contributed by atoms with Crippen LogP contribution < -0.4 is 5.32 Å². The predicted molar refractivity (Wildman–Crippen MR) is 97.3 cm³/mol. The van der Waals surface area contributed by atoms with Gasteiger partial charge in [0, 0.05) is 6.07 Å². The van der Waals surface area contributed by atoms with E-state index in [1.807, 2.05) is 24.3 Å². The number of carbonyl (C=O) groups excluding carboxylic acids is 1. The van der Waals surface area contributed by atoms with Crippen LogP contribution in [0, 0.1) is 6.92 Å². The number of nitrogens with zero attached hydrogens (tertiary/aromatic N) is 3. The van der Waals surface area contributed by atoms with E-state index in [-0.39, 0.29) is 5.82 Å². The second kappa shape index (κ2) is 6.52. The fourth-order valence-corrected chi connectivity index (χ4v) is 2.90. The molecular weight excluding hydrogens is 371 g/mol. The molecule has 0 unspecified atom stereocenters. The van der Waals surface area contributed by atoms with E-state index >= 15 is 0 Å². The molecule has 9 heteroatoms. The van der Waals surface area contributed by atoms with Crippen LogP contribution in [0.3, 0.4) is 0 Å². The van der Waals surface area contributed by atoms with Gasteiger partial charge in [-0.1, -0.05) is 24.3 Å². The molecule has 0 saturated heterocycles. The number of rotatable bonds is 3. The van der Waals surface area contributed by atoms with Crippen LogP contribution in [0.2, 0.25) is 0 Å². The minimum atomic E-state index is -4.64. The Morgan fingerprint density at radius 3 is 2.57 bits per heavy atom. The number of aromatic amines is 1. The van der Waals surface area contributed by atoms with Crippen molar-refractivity contribution in [1.82, 2.24) is 19.7 Å². The Bertz CT molecular complexity index is 1140. The van der Waals surface area contributed by atoms with E-state index in [1.54, 1.807) is 13.0 Å². The van der Waals surface area contributed by atoms with E-state index in [4.69, 9.17) is 0 Å². The van der Waals surface area contributed by atoms with Crippen molar-refractivity contribution in [2.24, 2.45) is 0 Å². The van der Waals surface area contributed by atoms with Gasteiger partial charge in [0.25, 0.3) is 5.91 Å². The number of imidazole rings is 1. The van der Waals surface area contributed by atoms with Crippen LogP contribution in [0.1, 0.15) is 21.6 Å². The van der Waals surface area contributed by atoms with Gasteiger partial charge in [-0.05, 0) is 31.2 Å². The van der Waals surface area contributed by atoms with Gasteiger partial charge in [0.15, 0.2) is 0 Å². The van der Waals surface area contributed by atoms with E-state index in [9.17, 15) is 18.0 Å². The molecule has 0 saturated carbocycles. The first-order chi connectivity index (χ1) is 13.3. The van der Waals surface area contributed by atoms with Crippen LogP contribution in [-0.2, 0) is 6.18 Å². The highest BCUT2D eigenvalue weighted by atomic mass is 19.4. The van der Waals surface area contributed by atoms with Gasteiger partial charge in [0.2, 0.25) is 5.95 Å². The molecule has 0 aliphatic heterocycles. The Hall–Kier alpha value is -3.62. The number of alkyl halides is 3. The van der Waals surface area contributed by atoms with Crippen molar-refractivity contribution < 1.29 is 18.0 Å². The third kappa shape index (κ3) is 3.22. The third-order valence-electron chi connectivity index (χ3n) is 4.13. The van der Waals surface area contributed by atoms with Crippen molar-refractivity contribution in [3.8, 4) is 5.95 Å². The average molecular weight is 385 g/mol. The van der Waals surface area contributed by atoms with Crippen molar-refractivity contribution in [2.45, 2.75) is 13.1 Å². The van der Waals surface area contributed by atoms with E-state index < -0.39 is 23.2 Å². The molecule has 0 bridgehead atoms. The van der Waals surface area contributed by atoms with Crippen molar-refractivity contribution >= 4 is 22.8 Å². The second-order valence-corrected chi connectivity index (χ2v) is 6.16. The summed E-state index contributed by atoms with van der Waals surface area (Å²) in [4.78, 5) is 20.0. The average Bonchev–Trinajstić information content (AvgIpc) is 3.24. The highest BCUT2D eigenvalue weighted by Crippen LogP contribution is 2.32. The Morgan fingerprint density at radius 2 is 1.82 bits per heavy atom. The molecular formula is C19H14F3N5O. The highest BCUT2D eigenvalue weighted by Gasteiger charge is 2.35. The van der Waals surface area contributed by atoms with Gasteiger partial charge in [-0.2, -0.15) is 23.0 Å². The van der Waals surface area contributed by atoms with Gasteiger partial charge in [-0.15, -0.1) is 0 Å². The van der Waals surface area contributed by atoms with Crippen molar-refractivity contribution in [3.63, 3.8) is 0 Å². The summed E-state index contributed by atoms with van der Waals surface area (Å²) in [5.41, 5.74) is 0.569. The zero-order valence-corrected chi connectivity index (χ0v) is 14.6. The first-order valence-corrected chi connectivity index (χ1v) is 8.32. The first kappa shape index (κ1) is 17.8. The number of H-pyrrole nitrogens is 1. The van der Waals surface area contributed by atoms with Gasteiger partial charge < -0.3 is 10.3 Å². The summed E-state index contributed by atoms with van der Waals surface area (Å²) in [6, 6.07) is 13.5. The lowest BCUT2D eigenvalue weighted by atomic mass is 10.1. The van der Waals surface area contributed by atoms with Crippen LogP contribution >= 0.6 is 0 Å². The normalized spacial score (nSPS) is 11.7. The minimum absolute atomic E-state index is 0.207. The molecule has 0 atom stereocenters. The van der Waals surface area contributed by atoms with E-state index in [0.717, 1.165) is 17.6 Å². The quantitative estimate of drug-likeness (QED) is 0.551. The molecule has 2 aromatic carbocycles. The SMILES string of the molecule is Cc1cc(NC(=O)c2ccccc2C(F)(F)F)n(-c2nc3ccccc3[nH]2)n1. The molecule has 1 amide bonds. The van der Waals surface area contributed by atoms with Crippen molar-refractivity contribution in [2.75, 3.05) is 5.32 Å². The molecule has 0 fully saturated rings. The number of para-hydroxylation sites is 2. The smallest absolute Gasteiger partial charge is 0.322 e. The summed E-state index contributed by atoms with van der Waals surface area (Å²) in [6.07, 6.45) is -4.64. The highest BCUT2D eigenvalue weighted by molar-refractivity contribution is 6.05. The summed E-state index contributed by atoms with van der Waals surface area (Å²) < 4.78 is 41.0. The Labute approximate surface area is 157 Å². The van der Waals surface area contributed by atoms with Gasteiger partial charge in [-0.25, -0.2) is 4.98 Å². The van der Waals surface area contributed by atoms with E-state index in [0.29, 0.717) is 17.2 Å². The largest absolute Gasteiger partial charge is 0.417 e. The lowest BCUT2D eigenvalue weighted by molar-refractivity contribution is -0.137. The number of anilines is 1. The Morgan fingerprint density at radius 1 is 1.11 bits per heavy atom. The molecule has 28 heavy (non-hydrogen) atoms. The number of halogens is 3. The molecule has 2 aromatic heterocycles. The Balaban J connectivity index is 1.71. The molecule has 2 N–H and O–H groups in total. The van der Waals surface area contributed by atoms with E-state index in [2.05, 4.69) is 20.4 Å². The summed E-state index contributed by atoms with van der Waals surface area (Å²) in [7, 11) is 0. The number of fused-ring (bicyclic) bond motifs is 1. The Kier molecular flexibility index (Phi) is 4.14. The lowest BCUT2D eigenvalue weighted by Crippen LogP contribution is -2.20. The van der Waals surface area contributed by atoms with Crippen molar-refractivity contribution in [1.29, 1.82) is 0 Å². The minimum Gasteiger partial charge on any atom is -0.322 e. The molecule has 0 radical (unpaired) electrons. The van der Waals surface area contributed by atoms with Gasteiger partial charge in [0.05, 0.1) is 27.9 Å². The van der Waals surface area contributed by atoms with Gasteiger partial charge in [0.1, 0.15) is 5.82 Å². The number of amides is 1. The standard InChI is InChI=1S/C19H14F3N5O/c1-11-10-16(25-17(28)12-6-2-3-7-13(12)19(20,21)22)27(26-11)18-23-14-8-4-5-9-15(14)24-18/h2-10H,1H3,(H,23,24)(H,25,28). The van der Waals surface area contributed by atoms with E-state index in [1.165, 1.54) is 16.8 Å². The number of carbonyl (C=O) groups is 1. The maximum absolute atomic E-state index is 13.2. The number of hydrogen-bond acceptors (Lipinski definition) is 3. The second-order valence-electron chi connectivity index (χ2n) is 6.16. The number of benzene rings is 2. The number of hydrogen-bond donors (Lipinski definition) is 2. The fourth-order valence-electron chi connectivity index (χ4n) is 2.90. The summed E-state index contributed by atoms with van der Waals surface area (Å²) >= 11 is 0.